The number of aryl methyl sites for hydroxylation is 1. The first-order valence-corrected chi connectivity index (χ1v) is 17.8. The summed E-state index contributed by atoms with van der Waals surface area (Å²) in [6.45, 7) is 5.29. The van der Waals surface area contributed by atoms with E-state index in [0.29, 0.717) is 17.6 Å². The molecule has 8 rings (SSSR count). The second-order valence-electron chi connectivity index (χ2n) is 13.0. The van der Waals surface area contributed by atoms with Crippen LogP contribution < -0.4 is 5.56 Å². The van der Waals surface area contributed by atoms with Crippen molar-refractivity contribution in [1.29, 1.82) is 0 Å². The van der Waals surface area contributed by atoms with Crippen LogP contribution in [0, 0.1) is 12.7 Å². The first-order valence-electron chi connectivity index (χ1n) is 17.0. The second kappa shape index (κ2) is 12.6. The summed E-state index contributed by atoms with van der Waals surface area (Å²) >= 11 is 1.64. The number of esters is 1. The van der Waals surface area contributed by atoms with Crippen LogP contribution in [0.5, 0.6) is 0 Å². The van der Waals surface area contributed by atoms with Crippen LogP contribution in [0.25, 0.3) is 16.0 Å². The molecule has 0 radical (unpaired) electrons. The van der Waals surface area contributed by atoms with Gasteiger partial charge in [-0.05, 0) is 84.5 Å². The maximum atomic E-state index is 16.3. The number of ether oxygens (including phenoxy) is 1. The lowest BCUT2D eigenvalue weighted by Crippen LogP contribution is -2.49. The third-order valence-electron chi connectivity index (χ3n) is 10.2. The quantitative estimate of drug-likeness (QED) is 0.120. The number of hydrogen-bond acceptors (Lipinski definition) is 5. The topological polar surface area (TPSA) is 51.0 Å². The molecule has 2 aliphatic rings. The lowest BCUT2D eigenvalue weighted by molar-refractivity contribution is 0.0524. The lowest BCUT2D eigenvalue weighted by Gasteiger charge is -2.47. The molecule has 6 aromatic rings. The number of aromatic nitrogens is 1. The Labute approximate surface area is 289 Å². The molecule has 3 aromatic heterocycles. The van der Waals surface area contributed by atoms with Crippen LogP contribution in [0.15, 0.2) is 114 Å². The van der Waals surface area contributed by atoms with Gasteiger partial charge in [0.05, 0.1) is 17.7 Å². The molecular formula is C42H37FN2O3S. The standard InChI is InChI=1S/C42H37FN2O3S/c1-3-48-41(47)34-24-33(28-19-20-28)39-27(2)38(35(43)25-45(39)40(34)46)36-23-29-21-22-44(26-37(29)49-36)42(30-13-7-4-8-14-30,31-15-9-5-10-16-31)32-17-11-6-12-18-32/h4-18,23-25,28H,3,19-22,26H2,1-2H3. The van der Waals surface area contributed by atoms with Crippen molar-refractivity contribution in [1.82, 2.24) is 9.30 Å². The molecular weight excluding hydrogens is 632 g/mol. The SMILES string of the molecule is CCOC(=O)c1cc(C2CC2)c2c(C)c(-c3cc4c(s3)CN(C(c3ccccc3)(c3ccccc3)c3ccccc3)CC4)c(F)cn2c1=O. The zero-order valence-electron chi connectivity index (χ0n) is 27.6. The van der Waals surface area contributed by atoms with Gasteiger partial charge in [0.2, 0.25) is 0 Å². The summed E-state index contributed by atoms with van der Waals surface area (Å²) in [5.74, 6) is -0.913. The molecule has 0 N–H and O–H groups in total. The molecule has 1 aliphatic carbocycles. The summed E-state index contributed by atoms with van der Waals surface area (Å²) in [4.78, 5) is 30.9. The summed E-state index contributed by atoms with van der Waals surface area (Å²) in [6.07, 6.45) is 4.03. The van der Waals surface area contributed by atoms with E-state index in [1.54, 1.807) is 24.3 Å². The van der Waals surface area contributed by atoms with Crippen molar-refractivity contribution in [2.24, 2.45) is 0 Å². The molecule has 7 heteroatoms. The van der Waals surface area contributed by atoms with Crippen LogP contribution in [-0.2, 0) is 23.2 Å². The molecule has 5 nitrogen and oxygen atoms in total. The van der Waals surface area contributed by atoms with Crippen molar-refractivity contribution >= 4 is 22.8 Å². The minimum Gasteiger partial charge on any atom is -0.462 e. The molecule has 3 aromatic carbocycles. The number of carbonyl (C=O) groups excluding carboxylic acids is 1. The molecule has 246 valence electrons. The maximum absolute atomic E-state index is 16.3. The van der Waals surface area contributed by atoms with E-state index in [1.807, 2.05) is 6.92 Å². The third-order valence-corrected chi connectivity index (χ3v) is 11.3. The molecule has 0 unspecified atom stereocenters. The van der Waals surface area contributed by atoms with Gasteiger partial charge < -0.3 is 4.74 Å². The van der Waals surface area contributed by atoms with Gasteiger partial charge in [0.25, 0.3) is 5.56 Å². The Kier molecular flexibility index (Phi) is 8.05. The summed E-state index contributed by atoms with van der Waals surface area (Å²) in [6, 6.07) is 36.0. The molecule has 0 bridgehead atoms. The Morgan fingerprint density at radius 1 is 0.918 bits per heavy atom. The first-order chi connectivity index (χ1) is 23.9. The summed E-state index contributed by atoms with van der Waals surface area (Å²) in [5.41, 5.74) is 6.55. The van der Waals surface area contributed by atoms with Gasteiger partial charge in [-0.25, -0.2) is 9.18 Å². The van der Waals surface area contributed by atoms with Gasteiger partial charge in [-0.15, -0.1) is 11.3 Å². The largest absolute Gasteiger partial charge is 0.462 e. The van der Waals surface area contributed by atoms with Crippen LogP contribution >= 0.6 is 11.3 Å². The summed E-state index contributed by atoms with van der Waals surface area (Å²) < 4.78 is 22.8. The van der Waals surface area contributed by atoms with Crippen molar-refractivity contribution in [2.75, 3.05) is 13.2 Å². The van der Waals surface area contributed by atoms with Gasteiger partial charge in [-0.1, -0.05) is 91.0 Å². The van der Waals surface area contributed by atoms with Crippen molar-refractivity contribution in [3.05, 3.63) is 169 Å². The summed E-state index contributed by atoms with van der Waals surface area (Å²) in [5, 5.41) is 0. The van der Waals surface area contributed by atoms with Gasteiger partial charge >= 0.3 is 5.97 Å². The van der Waals surface area contributed by atoms with E-state index >= 15 is 4.39 Å². The number of nitrogens with zero attached hydrogens (tertiary/aromatic N) is 2. The number of rotatable bonds is 8. The molecule has 1 fully saturated rings. The maximum Gasteiger partial charge on any atom is 0.343 e. The van der Waals surface area contributed by atoms with Crippen molar-refractivity contribution in [3.63, 3.8) is 0 Å². The van der Waals surface area contributed by atoms with E-state index in [2.05, 4.69) is 102 Å². The van der Waals surface area contributed by atoms with Gasteiger partial charge in [-0.2, -0.15) is 0 Å². The van der Waals surface area contributed by atoms with Gasteiger partial charge in [0, 0.05) is 34.6 Å². The molecule has 0 spiro atoms. The first kappa shape index (κ1) is 31.4. The Bertz CT molecular complexity index is 2140. The molecule has 0 amide bonds. The smallest absolute Gasteiger partial charge is 0.343 e. The van der Waals surface area contributed by atoms with Crippen molar-refractivity contribution in [2.45, 2.75) is 51.1 Å². The van der Waals surface area contributed by atoms with Crippen LogP contribution in [0.2, 0.25) is 0 Å². The molecule has 4 heterocycles. The van der Waals surface area contributed by atoms with Gasteiger partial charge in [-0.3, -0.25) is 14.1 Å². The summed E-state index contributed by atoms with van der Waals surface area (Å²) in [7, 11) is 0. The number of hydrogen-bond donors (Lipinski definition) is 0. The Hall–Kier alpha value is -4.85. The third kappa shape index (κ3) is 5.23. The normalized spacial score (nSPS) is 14.9. The van der Waals surface area contributed by atoms with Crippen molar-refractivity contribution in [3.8, 4) is 10.4 Å². The van der Waals surface area contributed by atoms with Gasteiger partial charge in [0.1, 0.15) is 11.4 Å². The zero-order chi connectivity index (χ0) is 33.7. The molecule has 0 atom stereocenters. The van der Waals surface area contributed by atoms with E-state index in [9.17, 15) is 9.59 Å². The minimum absolute atomic E-state index is 0.0433. The Morgan fingerprint density at radius 2 is 1.51 bits per heavy atom. The minimum atomic E-state index is -0.668. The van der Waals surface area contributed by atoms with Crippen LogP contribution in [-0.4, -0.2) is 28.4 Å². The van der Waals surface area contributed by atoms with Crippen LogP contribution in [0.3, 0.4) is 0 Å². The van der Waals surface area contributed by atoms with E-state index in [0.717, 1.165) is 41.8 Å². The van der Waals surface area contributed by atoms with Gasteiger partial charge in [0.15, 0.2) is 0 Å². The van der Waals surface area contributed by atoms with E-state index < -0.39 is 22.9 Å². The highest BCUT2D eigenvalue weighted by molar-refractivity contribution is 7.15. The highest BCUT2D eigenvalue weighted by atomic mass is 32.1. The van der Waals surface area contributed by atoms with Crippen LogP contribution in [0.4, 0.5) is 4.39 Å². The lowest BCUT2D eigenvalue weighted by atomic mass is 9.75. The number of halogens is 1. The highest BCUT2D eigenvalue weighted by Crippen LogP contribution is 2.48. The number of fused-ring (bicyclic) bond motifs is 2. The molecule has 1 saturated carbocycles. The number of carbonyl (C=O) groups is 1. The average Bonchev–Trinajstić information content (AvgIpc) is 3.89. The predicted molar refractivity (Wildman–Crippen MR) is 193 cm³/mol. The highest BCUT2D eigenvalue weighted by Gasteiger charge is 2.43. The fourth-order valence-electron chi connectivity index (χ4n) is 7.83. The second-order valence-corrected chi connectivity index (χ2v) is 14.2. The van der Waals surface area contributed by atoms with Crippen molar-refractivity contribution < 1.29 is 13.9 Å². The number of thiophene rings is 1. The van der Waals surface area contributed by atoms with Crippen LogP contribution in [0.1, 0.15) is 74.3 Å². The zero-order valence-corrected chi connectivity index (χ0v) is 28.4. The molecule has 1 aliphatic heterocycles. The monoisotopic (exact) mass is 668 g/mol. The fourth-order valence-corrected chi connectivity index (χ4v) is 9.16. The average molecular weight is 669 g/mol. The number of benzene rings is 3. The fraction of sp³-hybridized carbons (Fsp3) is 0.238. The molecule has 49 heavy (non-hydrogen) atoms. The van der Waals surface area contributed by atoms with E-state index in [4.69, 9.17) is 4.74 Å². The predicted octanol–water partition coefficient (Wildman–Crippen LogP) is 8.88. The van der Waals surface area contributed by atoms with E-state index in [-0.39, 0.29) is 18.1 Å². The Balaban J connectivity index is 1.26. The van der Waals surface area contributed by atoms with E-state index in [1.165, 1.54) is 37.7 Å². The Morgan fingerprint density at radius 3 is 2.06 bits per heavy atom. The molecule has 0 saturated heterocycles. The number of pyridine rings is 2.